The van der Waals surface area contributed by atoms with Crippen LogP contribution in [0.15, 0.2) is 54.6 Å². The van der Waals surface area contributed by atoms with E-state index in [0.717, 1.165) is 0 Å². The summed E-state index contributed by atoms with van der Waals surface area (Å²) in [7, 11) is 0. The third kappa shape index (κ3) is 2.74. The molecule has 2 aromatic carbocycles. The maximum Gasteiger partial charge on any atom is 0.340 e. The zero-order valence-electron chi connectivity index (χ0n) is 9.95. The predicted molar refractivity (Wildman–Crippen MR) is 71.6 cm³/mol. The number of benzene rings is 2. The summed E-state index contributed by atoms with van der Waals surface area (Å²) in [5, 5.41) is 28.6. The third-order valence-electron chi connectivity index (χ3n) is 2.65. The van der Waals surface area contributed by atoms with Crippen molar-refractivity contribution in [2.45, 2.75) is 0 Å². The maximum atomic E-state index is 11.3. The molecule has 2 rings (SSSR count). The van der Waals surface area contributed by atoms with E-state index in [1.807, 2.05) is 0 Å². The molecule has 4 nitrogen and oxygen atoms in total. The molecule has 0 spiro atoms. The summed E-state index contributed by atoms with van der Waals surface area (Å²) in [6.45, 7) is 0. The molecule has 0 unspecified atom stereocenters. The van der Waals surface area contributed by atoms with E-state index in [4.69, 9.17) is 0 Å². The van der Waals surface area contributed by atoms with Crippen molar-refractivity contribution >= 4 is 17.3 Å². The van der Waals surface area contributed by atoms with E-state index in [1.165, 1.54) is 24.3 Å². The molecule has 0 bridgehead atoms. The van der Waals surface area contributed by atoms with Crippen LogP contribution in [0.1, 0.15) is 11.1 Å². The van der Waals surface area contributed by atoms with E-state index in [9.17, 15) is 20.1 Å². The number of phenols is 1. The van der Waals surface area contributed by atoms with Gasteiger partial charge in [0, 0.05) is 5.56 Å². The van der Waals surface area contributed by atoms with E-state index < -0.39 is 5.97 Å². The Morgan fingerprint density at radius 1 is 0.789 bits per heavy atom. The van der Waals surface area contributed by atoms with Gasteiger partial charge in [0.15, 0.2) is 0 Å². The van der Waals surface area contributed by atoms with Crippen LogP contribution in [0.25, 0.3) is 11.3 Å². The molecule has 0 saturated heterocycles. The zero-order valence-corrected chi connectivity index (χ0v) is 9.95. The van der Waals surface area contributed by atoms with Gasteiger partial charge in [-0.05, 0) is 17.7 Å². The lowest BCUT2D eigenvalue weighted by atomic mass is 10.0. The highest BCUT2D eigenvalue weighted by Gasteiger charge is 2.17. The molecule has 4 heteroatoms. The van der Waals surface area contributed by atoms with E-state index in [-0.39, 0.29) is 17.1 Å². The molecule has 0 aromatic heterocycles. The third-order valence-corrected chi connectivity index (χ3v) is 2.65. The lowest BCUT2D eigenvalue weighted by molar-refractivity contribution is -0.130. The molecule has 0 atom stereocenters. The molecular weight excluding hydrogens is 244 g/mol. The number of aliphatic hydroxyl groups is 1. The van der Waals surface area contributed by atoms with Gasteiger partial charge < -0.3 is 15.3 Å². The van der Waals surface area contributed by atoms with Crippen molar-refractivity contribution in [3.63, 3.8) is 0 Å². The number of hydrogen-bond donors (Lipinski definition) is 3. The lowest BCUT2D eigenvalue weighted by Crippen LogP contribution is -2.03. The Balaban J connectivity index is 2.57. The maximum absolute atomic E-state index is 11.3. The molecule has 0 saturated carbocycles. The largest absolute Gasteiger partial charge is 0.508 e. The van der Waals surface area contributed by atoms with Gasteiger partial charge in [-0.15, -0.1) is 0 Å². The van der Waals surface area contributed by atoms with E-state index in [0.29, 0.717) is 11.1 Å². The van der Waals surface area contributed by atoms with Crippen molar-refractivity contribution in [1.82, 2.24) is 0 Å². The van der Waals surface area contributed by atoms with Crippen LogP contribution in [-0.2, 0) is 4.79 Å². The van der Waals surface area contributed by atoms with Crippen LogP contribution in [0.5, 0.6) is 5.75 Å². The number of carboxylic acid groups (broad SMARTS) is 1. The first-order valence-electron chi connectivity index (χ1n) is 5.61. The van der Waals surface area contributed by atoms with Crippen molar-refractivity contribution in [3.05, 3.63) is 65.7 Å². The van der Waals surface area contributed by atoms with Crippen LogP contribution in [0.4, 0.5) is 0 Å². The molecular formula is C15H12O4. The van der Waals surface area contributed by atoms with Crippen LogP contribution in [0.3, 0.4) is 0 Å². The van der Waals surface area contributed by atoms with Gasteiger partial charge in [-0.1, -0.05) is 42.5 Å². The van der Waals surface area contributed by atoms with Gasteiger partial charge in [0.1, 0.15) is 17.1 Å². The van der Waals surface area contributed by atoms with Crippen molar-refractivity contribution in [3.8, 4) is 5.75 Å². The van der Waals surface area contributed by atoms with Crippen molar-refractivity contribution in [1.29, 1.82) is 0 Å². The first-order chi connectivity index (χ1) is 9.09. The van der Waals surface area contributed by atoms with E-state index in [1.54, 1.807) is 30.3 Å². The molecule has 3 N–H and O–H groups in total. The fourth-order valence-electron chi connectivity index (χ4n) is 1.73. The van der Waals surface area contributed by atoms with Gasteiger partial charge in [-0.3, -0.25) is 0 Å². The number of phenolic OH excluding ortho intramolecular Hbond substituents is 1. The average Bonchev–Trinajstić information content (AvgIpc) is 2.42. The minimum atomic E-state index is -1.23. The number of aliphatic carboxylic acids is 1. The SMILES string of the molecule is O=C(O)C(=C(O)c1ccccc1)c1ccc(O)cc1. The van der Waals surface area contributed by atoms with Crippen LogP contribution in [0.2, 0.25) is 0 Å². The Hall–Kier alpha value is -2.75. The first kappa shape index (κ1) is 12.7. The van der Waals surface area contributed by atoms with Crippen LogP contribution in [-0.4, -0.2) is 21.3 Å². The second-order valence-corrected chi connectivity index (χ2v) is 3.94. The van der Waals surface area contributed by atoms with Gasteiger partial charge in [0.05, 0.1) is 0 Å². The number of carbonyl (C=O) groups is 1. The Labute approximate surface area is 109 Å². The molecule has 96 valence electrons. The molecule has 0 fully saturated rings. The van der Waals surface area contributed by atoms with Crippen LogP contribution >= 0.6 is 0 Å². The second kappa shape index (κ2) is 5.27. The van der Waals surface area contributed by atoms with Crippen LogP contribution in [0, 0.1) is 0 Å². The lowest BCUT2D eigenvalue weighted by Gasteiger charge is -2.07. The van der Waals surface area contributed by atoms with Gasteiger partial charge >= 0.3 is 5.97 Å². The van der Waals surface area contributed by atoms with Gasteiger partial charge in [-0.25, -0.2) is 4.79 Å². The molecule has 0 aliphatic carbocycles. The quantitative estimate of drug-likeness (QED) is 0.448. The predicted octanol–water partition coefficient (Wildman–Crippen LogP) is 2.90. The molecule has 0 amide bonds. The minimum absolute atomic E-state index is 0.0349. The fraction of sp³-hybridized carbons (Fsp3) is 0. The van der Waals surface area contributed by atoms with Gasteiger partial charge in [-0.2, -0.15) is 0 Å². The average molecular weight is 256 g/mol. The first-order valence-corrected chi connectivity index (χ1v) is 5.61. The van der Waals surface area contributed by atoms with E-state index >= 15 is 0 Å². The monoisotopic (exact) mass is 256 g/mol. The standard InChI is InChI=1S/C15H12O4/c16-12-8-6-10(7-9-12)13(15(18)19)14(17)11-4-2-1-3-5-11/h1-9,16-17H,(H,18,19). The molecule has 0 aliphatic heterocycles. The summed E-state index contributed by atoms with van der Waals surface area (Å²) in [5.41, 5.74) is 0.547. The zero-order chi connectivity index (χ0) is 13.8. The van der Waals surface area contributed by atoms with Gasteiger partial charge in [0.25, 0.3) is 0 Å². The minimum Gasteiger partial charge on any atom is -0.508 e. The molecule has 0 radical (unpaired) electrons. The molecule has 2 aromatic rings. The highest BCUT2D eigenvalue weighted by molar-refractivity contribution is 6.22. The van der Waals surface area contributed by atoms with Gasteiger partial charge in [0.2, 0.25) is 0 Å². The van der Waals surface area contributed by atoms with Crippen molar-refractivity contribution in [2.24, 2.45) is 0 Å². The Morgan fingerprint density at radius 3 is 1.89 bits per heavy atom. The molecule has 0 heterocycles. The highest BCUT2D eigenvalue weighted by Crippen LogP contribution is 2.25. The number of rotatable bonds is 3. The fourth-order valence-corrected chi connectivity index (χ4v) is 1.73. The summed E-state index contributed by atoms with van der Waals surface area (Å²) < 4.78 is 0. The van der Waals surface area contributed by atoms with Crippen LogP contribution < -0.4 is 0 Å². The number of aliphatic hydroxyl groups excluding tert-OH is 1. The van der Waals surface area contributed by atoms with Crippen molar-refractivity contribution in [2.75, 3.05) is 0 Å². The smallest absolute Gasteiger partial charge is 0.340 e. The topological polar surface area (TPSA) is 77.8 Å². The van der Waals surface area contributed by atoms with Crippen molar-refractivity contribution < 1.29 is 20.1 Å². The highest BCUT2D eigenvalue weighted by atomic mass is 16.4. The number of aromatic hydroxyl groups is 1. The second-order valence-electron chi connectivity index (χ2n) is 3.94. The summed E-state index contributed by atoms with van der Waals surface area (Å²) in [5.74, 6) is -1.50. The normalized spacial score (nSPS) is 11.8. The number of carboxylic acids is 1. The molecule has 19 heavy (non-hydrogen) atoms. The Kier molecular flexibility index (Phi) is 3.52. The molecule has 0 aliphatic rings. The summed E-state index contributed by atoms with van der Waals surface area (Å²) in [6, 6.07) is 14.1. The summed E-state index contributed by atoms with van der Waals surface area (Å²) in [4.78, 5) is 11.3. The Morgan fingerprint density at radius 2 is 1.37 bits per heavy atom. The summed E-state index contributed by atoms with van der Waals surface area (Å²) >= 11 is 0. The van der Waals surface area contributed by atoms with E-state index in [2.05, 4.69) is 0 Å². The summed E-state index contributed by atoms with van der Waals surface area (Å²) in [6.07, 6.45) is 0. The Bertz CT molecular complexity index is 612. The number of hydrogen-bond acceptors (Lipinski definition) is 3.